The van der Waals surface area contributed by atoms with E-state index in [9.17, 15) is 0 Å². The highest BCUT2D eigenvalue weighted by molar-refractivity contribution is 14.0. The van der Waals surface area contributed by atoms with Crippen molar-refractivity contribution >= 4 is 52.2 Å². The molecular weight excluding hydrogens is 493 g/mol. The molecule has 0 aliphatic carbocycles. The standard InChI is InChI=1S/C22H27N5S.HI/c1-23-22(25-15-18-8-4-7-17-9-5-11-24-21(17)18)26-16-19(20-10-6-14-28-20)27-12-2-3-13-27;/h4-11,14,19H,2-3,12-13,15-16H2,1H3,(H2,23,25,26);1H. The Labute approximate surface area is 193 Å². The number of thiophene rings is 1. The van der Waals surface area contributed by atoms with E-state index in [1.54, 1.807) is 0 Å². The molecule has 0 saturated carbocycles. The van der Waals surface area contributed by atoms with Gasteiger partial charge in [0.15, 0.2) is 5.96 Å². The summed E-state index contributed by atoms with van der Waals surface area (Å²) in [7, 11) is 1.83. The highest BCUT2D eigenvalue weighted by atomic mass is 127. The van der Waals surface area contributed by atoms with E-state index in [2.05, 4.69) is 67.3 Å². The fraction of sp³-hybridized carbons (Fsp3) is 0.364. The number of guanidine groups is 1. The number of pyridine rings is 1. The molecule has 1 saturated heterocycles. The molecule has 0 radical (unpaired) electrons. The number of hydrogen-bond acceptors (Lipinski definition) is 4. The molecular formula is C22H28IN5S. The van der Waals surface area contributed by atoms with Gasteiger partial charge >= 0.3 is 0 Å². The lowest BCUT2D eigenvalue weighted by atomic mass is 10.1. The van der Waals surface area contributed by atoms with Crippen LogP contribution in [0.5, 0.6) is 0 Å². The van der Waals surface area contributed by atoms with Crippen molar-refractivity contribution in [2.45, 2.75) is 25.4 Å². The number of nitrogens with zero attached hydrogens (tertiary/aromatic N) is 3. The van der Waals surface area contributed by atoms with Crippen molar-refractivity contribution in [1.82, 2.24) is 20.5 Å². The fourth-order valence-corrected chi connectivity index (χ4v) is 4.71. The first-order valence-electron chi connectivity index (χ1n) is 9.90. The van der Waals surface area contributed by atoms with Crippen LogP contribution in [0.4, 0.5) is 0 Å². The average Bonchev–Trinajstić information content (AvgIpc) is 3.45. The number of nitrogens with one attached hydrogen (secondary N) is 2. The summed E-state index contributed by atoms with van der Waals surface area (Å²) < 4.78 is 0. The Morgan fingerprint density at radius 1 is 1.14 bits per heavy atom. The van der Waals surface area contributed by atoms with Crippen molar-refractivity contribution in [3.8, 4) is 0 Å². The van der Waals surface area contributed by atoms with Gasteiger partial charge in [0.05, 0.1) is 11.6 Å². The fourth-order valence-electron chi connectivity index (χ4n) is 3.85. The van der Waals surface area contributed by atoms with Crippen molar-refractivity contribution in [2.24, 2.45) is 4.99 Å². The first-order chi connectivity index (χ1) is 13.8. The van der Waals surface area contributed by atoms with Crippen molar-refractivity contribution in [3.05, 3.63) is 64.5 Å². The van der Waals surface area contributed by atoms with Gasteiger partial charge in [0.2, 0.25) is 0 Å². The van der Waals surface area contributed by atoms with Crippen molar-refractivity contribution in [1.29, 1.82) is 0 Å². The van der Waals surface area contributed by atoms with Gasteiger partial charge < -0.3 is 10.6 Å². The second kappa shape index (κ2) is 10.9. The van der Waals surface area contributed by atoms with Gasteiger partial charge in [-0.05, 0) is 49.0 Å². The third-order valence-electron chi connectivity index (χ3n) is 5.30. The van der Waals surface area contributed by atoms with Crippen LogP contribution in [-0.4, -0.2) is 42.5 Å². The van der Waals surface area contributed by atoms with Gasteiger partial charge in [0.25, 0.3) is 0 Å². The van der Waals surface area contributed by atoms with Gasteiger partial charge in [-0.1, -0.05) is 30.3 Å². The maximum absolute atomic E-state index is 4.54. The summed E-state index contributed by atoms with van der Waals surface area (Å²) >= 11 is 1.84. The van der Waals surface area contributed by atoms with Crippen LogP contribution in [0.15, 0.2) is 59.0 Å². The molecule has 1 fully saturated rings. The lowest BCUT2D eigenvalue weighted by Crippen LogP contribution is -2.42. The number of rotatable bonds is 6. The maximum Gasteiger partial charge on any atom is 0.191 e. The molecule has 4 rings (SSSR count). The maximum atomic E-state index is 4.54. The van der Waals surface area contributed by atoms with E-state index >= 15 is 0 Å². The summed E-state index contributed by atoms with van der Waals surface area (Å²) in [5, 5.41) is 10.3. The minimum atomic E-state index is 0. The minimum absolute atomic E-state index is 0. The monoisotopic (exact) mass is 521 g/mol. The van der Waals surface area contributed by atoms with E-state index in [-0.39, 0.29) is 24.0 Å². The number of para-hydroxylation sites is 1. The highest BCUT2D eigenvalue weighted by Crippen LogP contribution is 2.27. The molecule has 3 aromatic rings. The molecule has 2 N–H and O–H groups in total. The number of aromatic nitrogens is 1. The smallest absolute Gasteiger partial charge is 0.191 e. The summed E-state index contributed by atoms with van der Waals surface area (Å²) in [6.07, 6.45) is 4.44. The largest absolute Gasteiger partial charge is 0.354 e. The zero-order chi connectivity index (χ0) is 19.2. The van der Waals surface area contributed by atoms with E-state index in [1.165, 1.54) is 36.4 Å². The van der Waals surface area contributed by atoms with Gasteiger partial charge in [0, 0.05) is 36.6 Å². The molecule has 1 aliphatic heterocycles. The minimum Gasteiger partial charge on any atom is -0.354 e. The Balaban J connectivity index is 0.00000240. The molecule has 1 aliphatic rings. The first-order valence-corrected chi connectivity index (χ1v) is 10.8. The van der Waals surface area contributed by atoms with Crippen LogP contribution in [0.1, 0.15) is 29.3 Å². The quantitative estimate of drug-likeness (QED) is 0.287. The second-order valence-electron chi connectivity index (χ2n) is 7.07. The second-order valence-corrected chi connectivity index (χ2v) is 8.05. The molecule has 1 unspecified atom stereocenters. The number of hydrogen-bond donors (Lipinski definition) is 2. The highest BCUT2D eigenvalue weighted by Gasteiger charge is 2.24. The Bertz CT molecular complexity index is 917. The van der Waals surface area contributed by atoms with Gasteiger partial charge in [-0.15, -0.1) is 35.3 Å². The normalized spacial score (nSPS) is 15.8. The molecule has 3 heterocycles. The van der Waals surface area contributed by atoms with Crippen LogP contribution in [0, 0.1) is 0 Å². The van der Waals surface area contributed by atoms with Crippen molar-refractivity contribution < 1.29 is 0 Å². The van der Waals surface area contributed by atoms with Crippen molar-refractivity contribution in [2.75, 3.05) is 26.7 Å². The number of halogens is 1. The first kappa shape index (κ1) is 22.0. The summed E-state index contributed by atoms with van der Waals surface area (Å²) in [5.74, 6) is 0.827. The lowest BCUT2D eigenvalue weighted by molar-refractivity contribution is 0.249. The zero-order valence-electron chi connectivity index (χ0n) is 16.7. The van der Waals surface area contributed by atoms with Crippen molar-refractivity contribution in [3.63, 3.8) is 0 Å². The summed E-state index contributed by atoms with van der Waals surface area (Å²) in [6, 6.07) is 15.2. The Morgan fingerprint density at radius 3 is 2.72 bits per heavy atom. The molecule has 2 aromatic heterocycles. The lowest BCUT2D eigenvalue weighted by Gasteiger charge is -2.27. The number of benzene rings is 1. The molecule has 5 nitrogen and oxygen atoms in total. The van der Waals surface area contributed by atoms with E-state index in [0.29, 0.717) is 12.6 Å². The Kier molecular flexibility index (Phi) is 8.26. The molecule has 0 spiro atoms. The predicted molar refractivity (Wildman–Crippen MR) is 133 cm³/mol. The number of aliphatic imine (C=N–C) groups is 1. The topological polar surface area (TPSA) is 52.6 Å². The average molecular weight is 521 g/mol. The molecule has 1 atom stereocenters. The van der Waals surface area contributed by atoms with Gasteiger partial charge in [0.1, 0.15) is 0 Å². The van der Waals surface area contributed by atoms with Gasteiger partial charge in [-0.3, -0.25) is 14.9 Å². The SMILES string of the molecule is CN=C(NCc1cccc2cccnc12)NCC(c1cccs1)N1CCCC1.I. The molecule has 0 amide bonds. The number of likely N-dealkylation sites (tertiary alicyclic amines) is 1. The predicted octanol–water partition coefficient (Wildman–Crippen LogP) is 4.42. The van der Waals surface area contributed by atoms with E-state index < -0.39 is 0 Å². The van der Waals surface area contributed by atoms with Gasteiger partial charge in [-0.2, -0.15) is 0 Å². The summed E-state index contributed by atoms with van der Waals surface area (Å²) in [5.41, 5.74) is 2.22. The van der Waals surface area contributed by atoms with Crippen LogP contribution >= 0.6 is 35.3 Å². The van der Waals surface area contributed by atoms with E-state index in [4.69, 9.17) is 0 Å². The summed E-state index contributed by atoms with van der Waals surface area (Å²) in [6.45, 7) is 3.91. The number of fused-ring (bicyclic) bond motifs is 1. The third-order valence-corrected chi connectivity index (χ3v) is 6.28. The van der Waals surface area contributed by atoms with Crippen LogP contribution in [0.3, 0.4) is 0 Å². The van der Waals surface area contributed by atoms with Crippen LogP contribution in [0.25, 0.3) is 10.9 Å². The Morgan fingerprint density at radius 2 is 1.97 bits per heavy atom. The molecule has 29 heavy (non-hydrogen) atoms. The molecule has 154 valence electrons. The van der Waals surface area contributed by atoms with E-state index in [1.807, 2.05) is 30.6 Å². The molecule has 0 bridgehead atoms. The third kappa shape index (κ3) is 5.46. The van der Waals surface area contributed by atoms with E-state index in [0.717, 1.165) is 23.4 Å². The van der Waals surface area contributed by atoms with Gasteiger partial charge in [-0.25, -0.2) is 0 Å². The Hall–Kier alpha value is -1.71. The summed E-state index contributed by atoms with van der Waals surface area (Å²) in [4.78, 5) is 13.0. The van der Waals surface area contributed by atoms with Crippen LogP contribution in [-0.2, 0) is 6.54 Å². The van der Waals surface area contributed by atoms with Crippen LogP contribution < -0.4 is 10.6 Å². The molecule has 7 heteroatoms. The molecule has 1 aromatic carbocycles. The zero-order valence-corrected chi connectivity index (χ0v) is 19.8. The van der Waals surface area contributed by atoms with Crippen LogP contribution in [0.2, 0.25) is 0 Å².